The van der Waals surface area contributed by atoms with Crippen molar-refractivity contribution in [2.45, 2.75) is 20.4 Å². The Kier molecular flexibility index (Phi) is 7.58. The number of anilines is 1. The zero-order valence-corrected chi connectivity index (χ0v) is 19.7. The van der Waals surface area contributed by atoms with Crippen molar-refractivity contribution < 1.29 is 28.5 Å². The summed E-state index contributed by atoms with van der Waals surface area (Å²) in [6.07, 6.45) is 0. The van der Waals surface area contributed by atoms with Gasteiger partial charge < -0.3 is 23.8 Å². The van der Waals surface area contributed by atoms with Gasteiger partial charge in [-0.25, -0.2) is 4.79 Å². The summed E-state index contributed by atoms with van der Waals surface area (Å²) in [6, 6.07) is 11.4. The number of hydrogen-bond donors (Lipinski definition) is 0. The third-order valence-electron chi connectivity index (χ3n) is 5.12. The molecule has 0 fully saturated rings. The molecule has 0 amide bonds. The molecule has 0 radical (unpaired) electrons. The summed E-state index contributed by atoms with van der Waals surface area (Å²) in [6.45, 7) is 4.41. The van der Waals surface area contributed by atoms with Crippen LogP contribution in [0, 0.1) is 6.92 Å². The number of carbonyl (C=O) groups excluding carboxylic acids is 2. The summed E-state index contributed by atoms with van der Waals surface area (Å²) < 4.78 is 22.0. The average molecular weight is 458 g/mol. The Balaban J connectivity index is 2.11. The monoisotopic (exact) mass is 457 g/mol. The summed E-state index contributed by atoms with van der Waals surface area (Å²) >= 11 is 1.38. The summed E-state index contributed by atoms with van der Waals surface area (Å²) in [5.74, 6) is 0.630. The normalized spacial score (nSPS) is 10.7. The van der Waals surface area contributed by atoms with Crippen molar-refractivity contribution in [1.82, 2.24) is 0 Å². The van der Waals surface area contributed by atoms with Crippen molar-refractivity contribution in [2.24, 2.45) is 0 Å². The van der Waals surface area contributed by atoms with E-state index in [1.54, 1.807) is 21.1 Å². The molecule has 0 aliphatic carbocycles. The Morgan fingerprint density at radius 1 is 1.06 bits per heavy atom. The lowest BCUT2D eigenvalue weighted by atomic mass is 10.1. The van der Waals surface area contributed by atoms with Gasteiger partial charge in [-0.2, -0.15) is 0 Å². The third-order valence-corrected chi connectivity index (χ3v) is 6.36. The molecule has 1 heterocycles. The molecule has 7 nitrogen and oxygen atoms in total. The summed E-state index contributed by atoms with van der Waals surface area (Å²) in [7, 11) is 4.57. The number of thiophene rings is 1. The van der Waals surface area contributed by atoms with Crippen LogP contribution >= 0.6 is 11.3 Å². The van der Waals surface area contributed by atoms with E-state index in [0.717, 1.165) is 26.9 Å². The van der Waals surface area contributed by atoms with Crippen molar-refractivity contribution in [3.8, 4) is 11.5 Å². The van der Waals surface area contributed by atoms with Crippen molar-refractivity contribution in [2.75, 3.05) is 39.4 Å². The zero-order chi connectivity index (χ0) is 23.3. The Morgan fingerprint density at radius 2 is 1.84 bits per heavy atom. The van der Waals surface area contributed by atoms with E-state index in [-0.39, 0.29) is 18.5 Å². The highest BCUT2D eigenvalue weighted by molar-refractivity contribution is 7.21. The van der Waals surface area contributed by atoms with Crippen molar-refractivity contribution >= 4 is 39.0 Å². The second-order valence-corrected chi connectivity index (χ2v) is 8.09. The van der Waals surface area contributed by atoms with Gasteiger partial charge >= 0.3 is 11.9 Å². The lowest BCUT2D eigenvalue weighted by Crippen LogP contribution is -2.31. The zero-order valence-electron chi connectivity index (χ0n) is 18.9. The molecule has 0 saturated carbocycles. The van der Waals surface area contributed by atoms with Gasteiger partial charge in [0.15, 0.2) is 0 Å². The molecule has 0 saturated heterocycles. The minimum atomic E-state index is -0.372. The number of hydrogen-bond acceptors (Lipinski definition) is 8. The maximum absolute atomic E-state index is 12.5. The predicted molar refractivity (Wildman–Crippen MR) is 125 cm³/mol. The highest BCUT2D eigenvalue weighted by atomic mass is 32.1. The number of aryl methyl sites for hydroxylation is 1. The van der Waals surface area contributed by atoms with Gasteiger partial charge in [-0.3, -0.25) is 4.79 Å². The van der Waals surface area contributed by atoms with Crippen LogP contribution in [0.5, 0.6) is 11.5 Å². The van der Waals surface area contributed by atoms with E-state index in [9.17, 15) is 9.59 Å². The Bertz CT molecular complexity index is 1120. The second kappa shape index (κ2) is 10.4. The Hall–Kier alpha value is -3.26. The van der Waals surface area contributed by atoms with E-state index in [2.05, 4.69) is 0 Å². The van der Waals surface area contributed by atoms with E-state index in [0.29, 0.717) is 29.5 Å². The predicted octanol–water partition coefficient (Wildman–Crippen LogP) is 4.58. The molecular weight excluding hydrogens is 430 g/mol. The van der Waals surface area contributed by atoms with E-state index >= 15 is 0 Å². The number of rotatable bonds is 9. The van der Waals surface area contributed by atoms with Gasteiger partial charge in [0.05, 0.1) is 27.9 Å². The highest BCUT2D eigenvalue weighted by Gasteiger charge is 2.23. The van der Waals surface area contributed by atoms with E-state index in [4.69, 9.17) is 18.9 Å². The number of methoxy groups -OCH3 is 3. The van der Waals surface area contributed by atoms with Crippen LogP contribution in [0.4, 0.5) is 5.69 Å². The number of ether oxygens (including phenoxy) is 4. The maximum atomic E-state index is 12.5. The first-order valence-corrected chi connectivity index (χ1v) is 11.0. The smallest absolute Gasteiger partial charge is 0.348 e. The van der Waals surface area contributed by atoms with E-state index in [1.807, 2.05) is 48.2 Å². The summed E-state index contributed by atoms with van der Waals surface area (Å²) in [4.78, 5) is 27.2. The molecule has 0 aliphatic rings. The van der Waals surface area contributed by atoms with Crippen LogP contribution in [0.2, 0.25) is 0 Å². The fraction of sp³-hybridized carbons (Fsp3) is 0.333. The van der Waals surface area contributed by atoms with Gasteiger partial charge in [0.2, 0.25) is 0 Å². The van der Waals surface area contributed by atoms with Gasteiger partial charge in [0.1, 0.15) is 22.9 Å². The molecule has 2 aromatic carbocycles. The number of nitrogens with zero attached hydrogens (tertiary/aromatic N) is 1. The minimum absolute atomic E-state index is 0.0466. The SMILES string of the molecule is CCOC(=O)CN(Cc1ccc(OC)cc1OC)c1cccc2sc(C(=O)OC)c(C)c12. The first kappa shape index (κ1) is 23.4. The van der Waals surface area contributed by atoms with Crippen molar-refractivity contribution in [1.29, 1.82) is 0 Å². The molecule has 0 aliphatic heterocycles. The summed E-state index contributed by atoms with van der Waals surface area (Å²) in [5, 5.41) is 0.912. The van der Waals surface area contributed by atoms with Gasteiger partial charge in [-0.15, -0.1) is 11.3 Å². The third kappa shape index (κ3) is 4.80. The number of esters is 2. The Labute approximate surface area is 191 Å². The molecule has 32 heavy (non-hydrogen) atoms. The maximum Gasteiger partial charge on any atom is 0.348 e. The average Bonchev–Trinajstić information content (AvgIpc) is 3.15. The molecule has 3 aromatic rings. The topological polar surface area (TPSA) is 74.3 Å². The van der Waals surface area contributed by atoms with E-state index in [1.165, 1.54) is 18.4 Å². The molecule has 3 rings (SSSR count). The highest BCUT2D eigenvalue weighted by Crippen LogP contribution is 2.39. The van der Waals surface area contributed by atoms with E-state index < -0.39 is 0 Å². The van der Waals surface area contributed by atoms with Gasteiger partial charge in [-0.05, 0) is 43.7 Å². The molecule has 0 N–H and O–H groups in total. The van der Waals surface area contributed by atoms with Crippen LogP contribution in [0.25, 0.3) is 10.1 Å². The molecule has 0 atom stereocenters. The molecule has 0 spiro atoms. The second-order valence-electron chi connectivity index (χ2n) is 7.04. The van der Waals surface area contributed by atoms with Crippen molar-refractivity contribution in [3.05, 3.63) is 52.4 Å². The molecular formula is C24H27NO6S. The molecule has 170 valence electrons. The first-order valence-electron chi connectivity index (χ1n) is 10.1. The van der Waals surface area contributed by atoms with Gasteiger partial charge in [0, 0.05) is 33.9 Å². The lowest BCUT2D eigenvalue weighted by Gasteiger charge is -2.26. The quantitative estimate of drug-likeness (QED) is 0.435. The number of fused-ring (bicyclic) bond motifs is 1. The Morgan fingerprint density at radius 3 is 2.50 bits per heavy atom. The van der Waals surface area contributed by atoms with Crippen LogP contribution in [0.3, 0.4) is 0 Å². The van der Waals surface area contributed by atoms with Crippen LogP contribution < -0.4 is 14.4 Å². The van der Waals surface area contributed by atoms with Gasteiger partial charge in [-0.1, -0.05) is 6.07 Å². The minimum Gasteiger partial charge on any atom is -0.497 e. The van der Waals surface area contributed by atoms with Crippen LogP contribution in [0.15, 0.2) is 36.4 Å². The molecule has 1 aromatic heterocycles. The number of carbonyl (C=O) groups is 2. The molecule has 8 heteroatoms. The van der Waals surface area contributed by atoms with Crippen LogP contribution in [-0.4, -0.2) is 46.4 Å². The number of benzene rings is 2. The van der Waals surface area contributed by atoms with Crippen molar-refractivity contribution in [3.63, 3.8) is 0 Å². The fourth-order valence-electron chi connectivity index (χ4n) is 3.61. The lowest BCUT2D eigenvalue weighted by molar-refractivity contribution is -0.141. The summed E-state index contributed by atoms with van der Waals surface area (Å²) in [5.41, 5.74) is 2.54. The first-order chi connectivity index (χ1) is 15.4. The van der Waals surface area contributed by atoms with Gasteiger partial charge in [0.25, 0.3) is 0 Å². The standard InChI is InChI=1S/C24H27NO6S/c1-6-31-21(26)14-25(13-16-10-11-17(28-3)12-19(16)29-4)18-8-7-9-20-22(18)15(2)23(32-20)24(27)30-5/h7-12H,6,13-14H2,1-5H3. The van der Waals surface area contributed by atoms with Crippen LogP contribution in [-0.2, 0) is 20.8 Å². The molecule has 0 unspecified atom stereocenters. The fourth-order valence-corrected chi connectivity index (χ4v) is 4.76. The largest absolute Gasteiger partial charge is 0.497 e. The molecule has 0 bridgehead atoms. The van der Waals surface area contributed by atoms with Crippen LogP contribution in [0.1, 0.15) is 27.7 Å².